The van der Waals surface area contributed by atoms with Crippen molar-refractivity contribution in [3.8, 4) is 0 Å². The van der Waals surface area contributed by atoms with Crippen molar-refractivity contribution < 1.29 is 4.79 Å². The first-order valence-corrected chi connectivity index (χ1v) is 10.6. The maximum Gasteiger partial charge on any atom is 0.252 e. The quantitative estimate of drug-likeness (QED) is 0.534. The third kappa shape index (κ3) is 5.10. The van der Waals surface area contributed by atoms with Gasteiger partial charge in [-0.3, -0.25) is 4.79 Å². The fourth-order valence-electron chi connectivity index (χ4n) is 2.59. The smallest absolute Gasteiger partial charge is 0.252 e. The number of carbonyl (C=O) groups is 1. The van der Waals surface area contributed by atoms with Crippen LogP contribution in [0.25, 0.3) is 0 Å². The summed E-state index contributed by atoms with van der Waals surface area (Å²) in [6.45, 7) is 1.99. The predicted molar refractivity (Wildman–Crippen MR) is 110 cm³/mol. The minimum absolute atomic E-state index is 0.0148. The van der Waals surface area contributed by atoms with Gasteiger partial charge in [-0.1, -0.05) is 41.9 Å². The first-order chi connectivity index (χ1) is 12.6. The Morgan fingerprint density at radius 2 is 2.00 bits per heavy atom. The van der Waals surface area contributed by atoms with E-state index in [1.165, 1.54) is 0 Å². The van der Waals surface area contributed by atoms with Crippen molar-refractivity contribution in [1.29, 1.82) is 0 Å². The molecule has 3 rings (SSSR count). The van der Waals surface area contributed by atoms with Crippen LogP contribution in [0.15, 0.2) is 64.3 Å². The normalized spacial score (nSPS) is 11.9. The number of thiazole rings is 1. The van der Waals surface area contributed by atoms with Gasteiger partial charge in [0.2, 0.25) is 0 Å². The van der Waals surface area contributed by atoms with E-state index in [1.54, 1.807) is 23.1 Å². The van der Waals surface area contributed by atoms with Crippen molar-refractivity contribution in [1.82, 2.24) is 10.3 Å². The summed E-state index contributed by atoms with van der Waals surface area (Å²) in [4.78, 5) is 18.0. The Kier molecular flexibility index (Phi) is 6.72. The molecule has 1 unspecified atom stereocenters. The average Bonchev–Trinajstić information content (AvgIpc) is 3.15. The molecule has 0 fully saturated rings. The van der Waals surface area contributed by atoms with Crippen LogP contribution in [-0.4, -0.2) is 16.9 Å². The lowest BCUT2D eigenvalue weighted by Gasteiger charge is -2.16. The summed E-state index contributed by atoms with van der Waals surface area (Å²) in [5.74, 6) is 0.689. The minimum Gasteiger partial charge on any atom is -0.349 e. The zero-order chi connectivity index (χ0) is 18.4. The van der Waals surface area contributed by atoms with Gasteiger partial charge in [0.05, 0.1) is 16.8 Å². The van der Waals surface area contributed by atoms with E-state index < -0.39 is 0 Å². The van der Waals surface area contributed by atoms with Crippen LogP contribution in [-0.2, 0) is 12.2 Å². The molecule has 1 amide bonds. The molecular weight excluding hydrogens is 384 g/mol. The Hall–Kier alpha value is -1.82. The minimum atomic E-state index is -0.0640. The van der Waals surface area contributed by atoms with Crippen molar-refractivity contribution >= 4 is 40.6 Å². The average molecular weight is 403 g/mol. The second kappa shape index (κ2) is 9.21. The molecule has 0 spiro atoms. The lowest BCUT2D eigenvalue weighted by atomic mass is 10.1. The van der Waals surface area contributed by atoms with Crippen LogP contribution < -0.4 is 5.32 Å². The largest absolute Gasteiger partial charge is 0.349 e. The number of hydrogen-bond acceptors (Lipinski definition) is 4. The zero-order valence-corrected chi connectivity index (χ0v) is 16.7. The number of thioether (sulfide) groups is 1. The van der Waals surface area contributed by atoms with Crippen LogP contribution in [0.3, 0.4) is 0 Å². The summed E-state index contributed by atoms with van der Waals surface area (Å²) in [5, 5.41) is 5.84. The van der Waals surface area contributed by atoms with E-state index in [2.05, 4.69) is 10.3 Å². The van der Waals surface area contributed by atoms with Gasteiger partial charge in [0.1, 0.15) is 0 Å². The molecule has 0 saturated carbocycles. The van der Waals surface area contributed by atoms with Crippen LogP contribution in [0, 0.1) is 0 Å². The van der Waals surface area contributed by atoms with Crippen LogP contribution in [0.2, 0.25) is 5.02 Å². The molecule has 1 heterocycles. The molecule has 2 aromatic carbocycles. The number of nitrogens with one attached hydrogen (secondary N) is 1. The molecule has 0 bridgehead atoms. The lowest BCUT2D eigenvalue weighted by molar-refractivity contribution is 0.0937. The molecule has 134 valence electrons. The summed E-state index contributed by atoms with van der Waals surface area (Å²) in [5.41, 5.74) is 4.58. The molecule has 3 nitrogen and oxygen atoms in total. The van der Waals surface area contributed by atoms with Gasteiger partial charge in [-0.05, 0) is 37.1 Å². The Balaban J connectivity index is 1.64. The van der Waals surface area contributed by atoms with Gasteiger partial charge in [0.25, 0.3) is 5.91 Å². The predicted octanol–water partition coefficient (Wildman–Crippen LogP) is 5.45. The highest BCUT2D eigenvalue weighted by molar-refractivity contribution is 7.98. The molecule has 1 atom stereocenters. The highest BCUT2D eigenvalue weighted by Crippen LogP contribution is 2.26. The van der Waals surface area contributed by atoms with E-state index in [4.69, 9.17) is 11.6 Å². The molecule has 0 saturated heterocycles. The van der Waals surface area contributed by atoms with Crippen molar-refractivity contribution in [2.75, 3.05) is 0 Å². The molecule has 3 aromatic rings. The number of nitrogens with zero attached hydrogens (tertiary/aromatic N) is 1. The Bertz CT molecular complexity index is 868. The Labute approximate surface area is 166 Å². The first kappa shape index (κ1) is 19.0. The van der Waals surface area contributed by atoms with E-state index in [0.717, 1.165) is 26.9 Å². The van der Waals surface area contributed by atoms with Crippen LogP contribution in [0.5, 0.6) is 0 Å². The van der Waals surface area contributed by atoms with E-state index in [9.17, 15) is 4.79 Å². The van der Waals surface area contributed by atoms with Gasteiger partial charge in [-0.15, -0.1) is 23.1 Å². The van der Waals surface area contributed by atoms with Gasteiger partial charge >= 0.3 is 0 Å². The maximum atomic E-state index is 12.7. The number of halogens is 1. The van der Waals surface area contributed by atoms with Crippen molar-refractivity contribution in [3.05, 3.63) is 81.3 Å². The van der Waals surface area contributed by atoms with Crippen molar-refractivity contribution in [3.63, 3.8) is 0 Å². The molecular formula is C20H19ClN2OS2. The molecule has 0 aliphatic heterocycles. The van der Waals surface area contributed by atoms with Gasteiger partial charge in [0, 0.05) is 27.1 Å². The number of benzene rings is 2. The number of carbonyl (C=O) groups excluding carboxylic acids is 1. The summed E-state index contributed by atoms with van der Waals surface area (Å²) in [6.07, 6.45) is 0.694. The van der Waals surface area contributed by atoms with Crippen LogP contribution in [0.1, 0.15) is 28.5 Å². The van der Waals surface area contributed by atoms with E-state index in [0.29, 0.717) is 12.0 Å². The summed E-state index contributed by atoms with van der Waals surface area (Å²) in [7, 11) is 0. The summed E-state index contributed by atoms with van der Waals surface area (Å²) < 4.78 is 0. The maximum absolute atomic E-state index is 12.7. The highest BCUT2D eigenvalue weighted by atomic mass is 35.5. The SMILES string of the molecule is CC(Cc1ccccc1Cl)NC(=O)c1ccccc1SCc1cscn1. The monoisotopic (exact) mass is 402 g/mol. The first-order valence-electron chi connectivity index (χ1n) is 8.26. The lowest BCUT2D eigenvalue weighted by Crippen LogP contribution is -2.34. The van der Waals surface area contributed by atoms with E-state index in [-0.39, 0.29) is 11.9 Å². The number of aromatic nitrogens is 1. The highest BCUT2D eigenvalue weighted by Gasteiger charge is 2.15. The Morgan fingerprint density at radius 3 is 2.77 bits per heavy atom. The van der Waals surface area contributed by atoms with Gasteiger partial charge in [0.15, 0.2) is 0 Å². The number of amides is 1. The van der Waals surface area contributed by atoms with Gasteiger partial charge in [-0.2, -0.15) is 0 Å². The van der Waals surface area contributed by atoms with Gasteiger partial charge in [-0.25, -0.2) is 4.98 Å². The molecule has 1 N–H and O–H groups in total. The molecule has 6 heteroatoms. The molecule has 0 aliphatic rings. The van der Waals surface area contributed by atoms with Crippen LogP contribution >= 0.6 is 34.7 Å². The van der Waals surface area contributed by atoms with E-state index in [1.807, 2.05) is 66.3 Å². The molecule has 26 heavy (non-hydrogen) atoms. The third-order valence-corrected chi connectivity index (χ3v) is 5.96. The standard InChI is InChI=1S/C20H19ClN2OS2/c1-14(10-15-6-2-4-8-18(15)21)23-20(24)17-7-3-5-9-19(17)26-12-16-11-25-13-22-16/h2-9,11,13-14H,10,12H2,1H3,(H,23,24). The fraction of sp³-hybridized carbons (Fsp3) is 0.200. The van der Waals surface area contributed by atoms with Crippen molar-refractivity contribution in [2.24, 2.45) is 0 Å². The zero-order valence-electron chi connectivity index (χ0n) is 14.3. The number of hydrogen-bond donors (Lipinski definition) is 1. The third-order valence-electron chi connectivity index (χ3n) is 3.85. The summed E-state index contributed by atoms with van der Waals surface area (Å²) >= 11 is 9.43. The second-order valence-corrected chi connectivity index (χ2v) is 8.08. The van der Waals surface area contributed by atoms with E-state index >= 15 is 0 Å². The molecule has 0 radical (unpaired) electrons. The topological polar surface area (TPSA) is 42.0 Å². The fourth-order valence-corrected chi connectivity index (χ4v) is 4.42. The Morgan fingerprint density at radius 1 is 1.23 bits per heavy atom. The second-order valence-electron chi connectivity index (χ2n) is 5.93. The number of rotatable bonds is 7. The molecule has 0 aliphatic carbocycles. The summed E-state index contributed by atoms with van der Waals surface area (Å²) in [6, 6.07) is 15.4. The van der Waals surface area contributed by atoms with Crippen LogP contribution in [0.4, 0.5) is 0 Å². The van der Waals surface area contributed by atoms with Gasteiger partial charge < -0.3 is 5.32 Å². The molecule has 1 aromatic heterocycles. The van der Waals surface area contributed by atoms with Crippen molar-refractivity contribution in [2.45, 2.75) is 30.0 Å².